The molecule has 2 aromatic carbocycles. The minimum absolute atomic E-state index is 0.136. The van der Waals surface area contributed by atoms with Crippen molar-refractivity contribution in [1.29, 1.82) is 0 Å². The van der Waals surface area contributed by atoms with Gasteiger partial charge in [0.05, 0.1) is 12.0 Å². The highest BCUT2D eigenvalue weighted by Crippen LogP contribution is 2.17. The van der Waals surface area contributed by atoms with E-state index < -0.39 is 0 Å². The zero-order chi connectivity index (χ0) is 17.2. The second-order valence-corrected chi connectivity index (χ2v) is 6.11. The lowest BCUT2D eigenvalue weighted by molar-refractivity contribution is -0.118. The van der Waals surface area contributed by atoms with Gasteiger partial charge < -0.3 is 4.74 Å². The number of nitrogens with one attached hydrogen (secondary N) is 1. The Kier molecular flexibility index (Phi) is 7.11. The molecule has 0 saturated carbocycles. The highest BCUT2D eigenvalue weighted by atomic mass is 32.2. The lowest BCUT2D eigenvalue weighted by Crippen LogP contribution is -2.19. The van der Waals surface area contributed by atoms with Gasteiger partial charge in [-0.05, 0) is 48.9 Å². The summed E-state index contributed by atoms with van der Waals surface area (Å²) in [7, 11) is 0. The SMILES string of the molecule is C=CCOc1ccc(/C=N/NC(=O)CSc2ccc(C)cc2)cc1. The molecule has 0 aliphatic carbocycles. The van der Waals surface area contributed by atoms with Gasteiger partial charge in [0.15, 0.2) is 0 Å². The molecule has 5 heteroatoms. The third-order valence-corrected chi connectivity index (χ3v) is 4.05. The molecule has 0 fully saturated rings. The Balaban J connectivity index is 1.75. The van der Waals surface area contributed by atoms with Crippen molar-refractivity contribution in [2.24, 2.45) is 5.10 Å². The van der Waals surface area contributed by atoms with E-state index in [1.54, 1.807) is 12.3 Å². The summed E-state index contributed by atoms with van der Waals surface area (Å²) in [6, 6.07) is 15.5. The lowest BCUT2D eigenvalue weighted by atomic mass is 10.2. The summed E-state index contributed by atoms with van der Waals surface area (Å²) < 4.78 is 5.40. The van der Waals surface area contributed by atoms with Crippen LogP contribution in [0.1, 0.15) is 11.1 Å². The smallest absolute Gasteiger partial charge is 0.250 e. The van der Waals surface area contributed by atoms with Gasteiger partial charge in [0.2, 0.25) is 5.91 Å². The number of aryl methyl sites for hydroxylation is 1. The van der Waals surface area contributed by atoms with Crippen LogP contribution in [0.5, 0.6) is 5.75 Å². The van der Waals surface area contributed by atoms with E-state index in [1.165, 1.54) is 17.3 Å². The molecule has 1 N–H and O–H groups in total. The van der Waals surface area contributed by atoms with Gasteiger partial charge in [0.25, 0.3) is 0 Å². The van der Waals surface area contributed by atoms with Crippen molar-refractivity contribution < 1.29 is 9.53 Å². The Morgan fingerprint density at radius 2 is 1.92 bits per heavy atom. The minimum atomic E-state index is -0.136. The fourth-order valence-corrected chi connectivity index (χ4v) is 2.49. The van der Waals surface area contributed by atoms with Crippen LogP contribution in [0.25, 0.3) is 0 Å². The van der Waals surface area contributed by atoms with Crippen molar-refractivity contribution in [1.82, 2.24) is 5.43 Å². The van der Waals surface area contributed by atoms with Crippen LogP contribution in [0.4, 0.5) is 0 Å². The Hall–Kier alpha value is -2.53. The van der Waals surface area contributed by atoms with E-state index in [0.29, 0.717) is 12.4 Å². The van der Waals surface area contributed by atoms with Crippen LogP contribution in [0.15, 0.2) is 71.2 Å². The van der Waals surface area contributed by atoms with Gasteiger partial charge in [0.1, 0.15) is 12.4 Å². The van der Waals surface area contributed by atoms with Gasteiger partial charge >= 0.3 is 0 Å². The maximum absolute atomic E-state index is 11.8. The van der Waals surface area contributed by atoms with Gasteiger partial charge in [-0.3, -0.25) is 4.79 Å². The second-order valence-electron chi connectivity index (χ2n) is 5.06. The molecular weight excluding hydrogens is 320 g/mol. The number of rotatable bonds is 8. The molecule has 24 heavy (non-hydrogen) atoms. The molecule has 0 aliphatic rings. The molecule has 2 aromatic rings. The maximum atomic E-state index is 11.8. The molecule has 4 nitrogen and oxygen atoms in total. The van der Waals surface area contributed by atoms with E-state index in [9.17, 15) is 4.79 Å². The molecule has 0 heterocycles. The minimum Gasteiger partial charge on any atom is -0.490 e. The topological polar surface area (TPSA) is 50.7 Å². The van der Waals surface area contributed by atoms with Crippen molar-refractivity contribution >= 4 is 23.9 Å². The number of benzene rings is 2. The van der Waals surface area contributed by atoms with E-state index in [4.69, 9.17) is 4.74 Å². The molecule has 0 aromatic heterocycles. The largest absolute Gasteiger partial charge is 0.490 e. The fraction of sp³-hybridized carbons (Fsp3) is 0.158. The first kappa shape index (κ1) is 17.8. The van der Waals surface area contributed by atoms with Crippen LogP contribution in [-0.4, -0.2) is 24.5 Å². The number of nitrogens with zero attached hydrogens (tertiary/aromatic N) is 1. The maximum Gasteiger partial charge on any atom is 0.250 e. The highest BCUT2D eigenvalue weighted by molar-refractivity contribution is 8.00. The van der Waals surface area contributed by atoms with Gasteiger partial charge in [0, 0.05) is 4.90 Å². The average molecular weight is 340 g/mol. The average Bonchev–Trinajstić information content (AvgIpc) is 2.60. The third-order valence-electron chi connectivity index (χ3n) is 3.04. The van der Waals surface area contributed by atoms with E-state index in [1.807, 2.05) is 55.5 Å². The van der Waals surface area contributed by atoms with E-state index in [2.05, 4.69) is 17.1 Å². The van der Waals surface area contributed by atoms with Crippen molar-refractivity contribution in [2.45, 2.75) is 11.8 Å². The van der Waals surface area contributed by atoms with Gasteiger partial charge in [-0.2, -0.15) is 5.10 Å². The Bertz CT molecular complexity index is 694. The standard InChI is InChI=1S/C19H20N2O2S/c1-3-12-23-17-8-6-16(7-9-17)13-20-21-19(22)14-24-18-10-4-15(2)5-11-18/h3-11,13H,1,12,14H2,2H3,(H,21,22)/b20-13+. The van der Waals surface area contributed by atoms with E-state index in [0.717, 1.165) is 16.2 Å². The quantitative estimate of drug-likeness (QED) is 0.344. The number of carbonyl (C=O) groups is 1. The number of hydrogen-bond acceptors (Lipinski definition) is 4. The first-order valence-corrected chi connectivity index (χ1v) is 8.51. The molecule has 0 saturated heterocycles. The van der Waals surface area contributed by atoms with Crippen molar-refractivity contribution in [2.75, 3.05) is 12.4 Å². The molecule has 0 aliphatic heterocycles. The Morgan fingerprint density at radius 1 is 1.21 bits per heavy atom. The predicted octanol–water partition coefficient (Wildman–Crippen LogP) is 3.80. The number of hydrazone groups is 1. The van der Waals surface area contributed by atoms with Gasteiger partial charge in [-0.1, -0.05) is 30.4 Å². The van der Waals surface area contributed by atoms with E-state index in [-0.39, 0.29) is 5.91 Å². The van der Waals surface area contributed by atoms with Crippen LogP contribution >= 0.6 is 11.8 Å². The van der Waals surface area contributed by atoms with E-state index >= 15 is 0 Å². The number of thioether (sulfide) groups is 1. The third kappa shape index (κ3) is 6.30. The van der Waals surface area contributed by atoms with Gasteiger partial charge in [-0.15, -0.1) is 11.8 Å². The Labute approximate surface area is 146 Å². The number of amides is 1. The summed E-state index contributed by atoms with van der Waals surface area (Å²) in [6.07, 6.45) is 3.30. The monoisotopic (exact) mass is 340 g/mol. The lowest BCUT2D eigenvalue weighted by Gasteiger charge is -2.03. The predicted molar refractivity (Wildman–Crippen MR) is 99.8 cm³/mol. The molecule has 2 rings (SSSR count). The molecule has 0 spiro atoms. The number of hydrogen-bond donors (Lipinski definition) is 1. The van der Waals surface area contributed by atoms with Crippen molar-refractivity contribution in [3.8, 4) is 5.75 Å². The second kappa shape index (κ2) is 9.57. The molecule has 0 radical (unpaired) electrons. The van der Waals surface area contributed by atoms with Gasteiger partial charge in [-0.25, -0.2) is 5.43 Å². The van der Waals surface area contributed by atoms with Crippen LogP contribution in [0.2, 0.25) is 0 Å². The summed E-state index contributed by atoms with van der Waals surface area (Å²) >= 11 is 1.48. The summed E-state index contributed by atoms with van der Waals surface area (Å²) in [6.45, 7) is 6.11. The summed E-state index contributed by atoms with van der Waals surface area (Å²) in [5, 5.41) is 3.96. The van der Waals surface area contributed by atoms with Crippen LogP contribution < -0.4 is 10.2 Å². The zero-order valence-electron chi connectivity index (χ0n) is 13.6. The molecule has 1 amide bonds. The normalized spacial score (nSPS) is 10.5. The highest BCUT2D eigenvalue weighted by Gasteiger charge is 2.01. The molecule has 0 bridgehead atoms. The number of ether oxygens (including phenoxy) is 1. The Morgan fingerprint density at radius 3 is 2.58 bits per heavy atom. The number of carbonyl (C=O) groups excluding carboxylic acids is 1. The first-order chi connectivity index (χ1) is 11.7. The summed E-state index contributed by atoms with van der Waals surface area (Å²) in [5.41, 5.74) is 4.61. The van der Waals surface area contributed by atoms with Crippen LogP contribution in [0, 0.1) is 6.92 Å². The van der Waals surface area contributed by atoms with Crippen LogP contribution in [-0.2, 0) is 4.79 Å². The van der Waals surface area contributed by atoms with Crippen molar-refractivity contribution in [3.63, 3.8) is 0 Å². The molecule has 0 unspecified atom stereocenters. The fourth-order valence-electron chi connectivity index (χ4n) is 1.80. The zero-order valence-corrected chi connectivity index (χ0v) is 14.4. The molecule has 124 valence electrons. The molecule has 0 atom stereocenters. The van der Waals surface area contributed by atoms with Crippen LogP contribution in [0.3, 0.4) is 0 Å². The molecular formula is C19H20N2O2S. The first-order valence-electron chi connectivity index (χ1n) is 7.52. The summed E-state index contributed by atoms with van der Waals surface area (Å²) in [5.74, 6) is 0.961. The summed E-state index contributed by atoms with van der Waals surface area (Å²) in [4.78, 5) is 12.8. The van der Waals surface area contributed by atoms with Crippen molar-refractivity contribution in [3.05, 3.63) is 72.3 Å².